The van der Waals surface area contributed by atoms with E-state index in [2.05, 4.69) is 22.1 Å². The lowest BCUT2D eigenvalue weighted by Gasteiger charge is -2.22. The van der Waals surface area contributed by atoms with Crippen molar-refractivity contribution in [2.45, 2.75) is 24.2 Å². The van der Waals surface area contributed by atoms with Crippen LogP contribution in [0, 0.1) is 0 Å². The number of nitrogens with two attached hydrogens (primary N) is 1. The summed E-state index contributed by atoms with van der Waals surface area (Å²) in [6.45, 7) is 5.06. The Hall–Kier alpha value is -2.01. The molecule has 0 amide bonds. The highest BCUT2D eigenvalue weighted by atomic mass is 32.2. The molecule has 29 heavy (non-hydrogen) atoms. The minimum absolute atomic E-state index is 0.177. The quantitative estimate of drug-likeness (QED) is 0.535. The summed E-state index contributed by atoms with van der Waals surface area (Å²) in [5.41, 5.74) is 9.86. The molecule has 4 rings (SSSR count). The van der Waals surface area contributed by atoms with E-state index >= 15 is 0 Å². The Kier molecular flexibility index (Phi) is 5.86. The van der Waals surface area contributed by atoms with Crippen LogP contribution in [0.4, 0.5) is 5.69 Å². The fourth-order valence-corrected chi connectivity index (χ4v) is 6.30. The molecule has 3 aromatic heterocycles. The Morgan fingerprint density at radius 3 is 2.93 bits per heavy atom. The van der Waals surface area contributed by atoms with Gasteiger partial charge in [0.2, 0.25) is 0 Å². The molecular weight excluding hydrogens is 426 g/mol. The van der Waals surface area contributed by atoms with E-state index in [-0.39, 0.29) is 6.17 Å². The van der Waals surface area contributed by atoms with Crippen LogP contribution in [0.2, 0.25) is 0 Å². The molecule has 1 aliphatic rings. The van der Waals surface area contributed by atoms with Crippen LogP contribution in [-0.2, 0) is 15.5 Å². The van der Waals surface area contributed by atoms with Gasteiger partial charge in [0.15, 0.2) is 0 Å². The van der Waals surface area contributed by atoms with Crippen LogP contribution < -0.4 is 11.1 Å². The third-order valence-electron chi connectivity index (χ3n) is 4.84. The molecule has 0 saturated carbocycles. The normalized spacial score (nSPS) is 17.6. The molecule has 7 nitrogen and oxygen atoms in total. The number of thiazole rings is 1. The van der Waals surface area contributed by atoms with E-state index in [9.17, 15) is 4.21 Å². The van der Waals surface area contributed by atoms with Crippen molar-refractivity contribution in [3.05, 3.63) is 29.4 Å². The highest BCUT2D eigenvalue weighted by Crippen LogP contribution is 2.42. The number of nitrogens with one attached hydrogen (secondary N) is 1. The number of nitrogen functional groups attached to an aromatic ring is 1. The van der Waals surface area contributed by atoms with Crippen molar-refractivity contribution in [1.29, 1.82) is 0 Å². The molecule has 10 heteroatoms. The van der Waals surface area contributed by atoms with E-state index in [4.69, 9.17) is 15.5 Å². The van der Waals surface area contributed by atoms with E-state index in [1.807, 2.05) is 31.6 Å². The maximum atomic E-state index is 12.9. The van der Waals surface area contributed by atoms with Gasteiger partial charge >= 0.3 is 0 Å². The number of aromatic nitrogens is 2. The zero-order valence-electron chi connectivity index (χ0n) is 16.5. The molecule has 0 fully saturated rings. The van der Waals surface area contributed by atoms with Gasteiger partial charge in [-0.2, -0.15) is 0 Å². The van der Waals surface area contributed by atoms with Crippen LogP contribution >= 0.6 is 22.7 Å². The fourth-order valence-electron chi connectivity index (χ4n) is 3.19. The topological polar surface area (TPSA) is 93.4 Å². The van der Waals surface area contributed by atoms with Gasteiger partial charge in [0.1, 0.15) is 19.7 Å². The maximum Gasteiger partial charge on any atom is 0.141 e. The summed E-state index contributed by atoms with van der Waals surface area (Å²) < 4.78 is 18.9. The van der Waals surface area contributed by atoms with Crippen molar-refractivity contribution >= 4 is 55.1 Å². The Labute approximate surface area is 180 Å². The third kappa shape index (κ3) is 3.77. The van der Waals surface area contributed by atoms with Crippen LogP contribution in [0.15, 0.2) is 28.1 Å². The molecule has 154 valence electrons. The second-order valence-electron chi connectivity index (χ2n) is 6.61. The highest BCUT2D eigenvalue weighted by Gasteiger charge is 2.26. The van der Waals surface area contributed by atoms with E-state index in [1.54, 1.807) is 17.5 Å². The van der Waals surface area contributed by atoms with Crippen molar-refractivity contribution < 1.29 is 8.95 Å². The molecule has 4 heterocycles. The van der Waals surface area contributed by atoms with Gasteiger partial charge in [-0.1, -0.05) is 0 Å². The predicted octanol–water partition coefficient (Wildman–Crippen LogP) is 3.33. The lowest BCUT2D eigenvalue weighted by molar-refractivity contribution is 0.164. The second kappa shape index (κ2) is 8.39. The van der Waals surface area contributed by atoms with Gasteiger partial charge in [-0.25, -0.2) is 9.97 Å². The standard InChI is InChI=1S/C19H23N5O2S3/c1-4-26-6-8-29(25)19-16(20)15-12(14-10-22-11(2)24(14)3)9-13(23-18(15)28-19)17-21-5-7-27-17/h5,7,9-11,22H,4,6,8,20H2,1-3H3. The summed E-state index contributed by atoms with van der Waals surface area (Å²) in [4.78, 5) is 12.2. The van der Waals surface area contributed by atoms with Crippen molar-refractivity contribution in [2.24, 2.45) is 0 Å². The van der Waals surface area contributed by atoms with Crippen LogP contribution in [0.5, 0.6) is 0 Å². The number of anilines is 1. The summed E-state index contributed by atoms with van der Waals surface area (Å²) in [6.07, 6.45) is 3.94. The number of ether oxygens (including phenoxy) is 1. The Morgan fingerprint density at radius 1 is 1.45 bits per heavy atom. The van der Waals surface area contributed by atoms with Gasteiger partial charge < -0.3 is 20.7 Å². The van der Waals surface area contributed by atoms with Crippen LogP contribution in [0.25, 0.3) is 26.6 Å². The summed E-state index contributed by atoms with van der Waals surface area (Å²) in [6, 6.07) is 2.03. The molecule has 0 spiro atoms. The zero-order valence-corrected chi connectivity index (χ0v) is 18.9. The summed E-state index contributed by atoms with van der Waals surface area (Å²) >= 11 is 2.94. The number of fused-ring (bicyclic) bond motifs is 1. The van der Waals surface area contributed by atoms with Gasteiger partial charge in [-0.3, -0.25) is 4.21 Å². The Morgan fingerprint density at radius 2 is 2.28 bits per heavy atom. The minimum Gasteiger partial charge on any atom is -0.396 e. The lowest BCUT2D eigenvalue weighted by Crippen LogP contribution is -2.30. The zero-order chi connectivity index (χ0) is 20.5. The fraction of sp³-hybridized carbons (Fsp3) is 0.368. The van der Waals surface area contributed by atoms with Gasteiger partial charge in [-0.15, -0.1) is 22.7 Å². The van der Waals surface area contributed by atoms with Crippen LogP contribution in [0.1, 0.15) is 19.4 Å². The third-order valence-corrected chi connectivity index (χ3v) is 8.51. The molecule has 0 aromatic carbocycles. The van der Waals surface area contributed by atoms with Gasteiger partial charge in [0.25, 0.3) is 0 Å². The first-order chi connectivity index (χ1) is 14.0. The number of thiophene rings is 1. The molecule has 2 unspecified atom stereocenters. The highest BCUT2D eigenvalue weighted by molar-refractivity contribution is 7.87. The average Bonchev–Trinajstić information content (AvgIpc) is 3.43. The Bertz CT molecular complexity index is 1080. The van der Waals surface area contributed by atoms with Gasteiger partial charge in [0.05, 0.1) is 40.7 Å². The molecule has 3 aromatic rings. The summed E-state index contributed by atoms with van der Waals surface area (Å²) in [5.74, 6) is 0.417. The summed E-state index contributed by atoms with van der Waals surface area (Å²) in [7, 11) is 0.806. The summed E-state index contributed by atoms with van der Waals surface area (Å²) in [5, 5.41) is 6.97. The Balaban J connectivity index is 1.86. The smallest absolute Gasteiger partial charge is 0.141 e. The maximum absolute atomic E-state index is 12.9. The second-order valence-corrected chi connectivity index (χ2v) is 10.3. The monoisotopic (exact) mass is 449 g/mol. The lowest BCUT2D eigenvalue weighted by atomic mass is 10.1. The predicted molar refractivity (Wildman–Crippen MR) is 121 cm³/mol. The minimum atomic E-state index is -1.23. The first-order valence-electron chi connectivity index (χ1n) is 9.29. The van der Waals surface area contributed by atoms with Gasteiger partial charge in [0, 0.05) is 42.4 Å². The van der Waals surface area contributed by atoms with Crippen molar-refractivity contribution in [3.8, 4) is 10.7 Å². The number of rotatable bonds is 7. The number of hydrogen-bond acceptors (Lipinski definition) is 9. The van der Waals surface area contributed by atoms with E-state index in [0.717, 1.165) is 32.2 Å². The molecule has 0 bridgehead atoms. The van der Waals surface area contributed by atoms with E-state index in [1.165, 1.54) is 11.3 Å². The number of nitrogens with zero attached hydrogens (tertiary/aromatic N) is 3. The van der Waals surface area contributed by atoms with Crippen molar-refractivity contribution in [1.82, 2.24) is 20.2 Å². The van der Waals surface area contributed by atoms with Crippen LogP contribution in [0.3, 0.4) is 0 Å². The average molecular weight is 450 g/mol. The molecule has 0 radical (unpaired) electrons. The molecule has 1 aliphatic heterocycles. The largest absolute Gasteiger partial charge is 0.396 e. The van der Waals surface area contributed by atoms with E-state index < -0.39 is 10.8 Å². The SMILES string of the molecule is CCOCCS(=O)c1sc2nc(-c3nccs3)cc(C3=CNC(C)N3C)c2c1N. The first kappa shape index (κ1) is 20.3. The van der Waals surface area contributed by atoms with Crippen LogP contribution in [-0.4, -0.2) is 51.3 Å². The number of hydrogen-bond donors (Lipinski definition) is 2. The first-order valence-corrected chi connectivity index (χ1v) is 12.3. The van der Waals surface area contributed by atoms with E-state index in [0.29, 0.717) is 28.9 Å². The van der Waals surface area contributed by atoms with Crippen molar-refractivity contribution in [2.75, 3.05) is 31.7 Å². The molecule has 3 N–H and O–H groups in total. The molecule has 0 saturated heterocycles. The van der Waals surface area contributed by atoms with Gasteiger partial charge in [-0.05, 0) is 19.9 Å². The molecule has 2 atom stereocenters. The number of pyridine rings is 1. The molecular formula is C19H23N5O2S3. The van der Waals surface area contributed by atoms with Crippen molar-refractivity contribution in [3.63, 3.8) is 0 Å². The molecule has 0 aliphatic carbocycles.